The van der Waals surface area contributed by atoms with Crippen molar-refractivity contribution in [1.29, 1.82) is 0 Å². The number of aromatic nitrogens is 2. The molecule has 0 radical (unpaired) electrons. The normalized spacial score (nSPS) is 12.6. The average molecular weight is 401 g/mol. The van der Waals surface area contributed by atoms with Crippen LogP contribution >= 0.6 is 0 Å². The van der Waals surface area contributed by atoms with E-state index in [9.17, 15) is 9.18 Å². The van der Waals surface area contributed by atoms with Crippen LogP contribution in [0.1, 0.15) is 15.9 Å². The lowest BCUT2D eigenvalue weighted by Crippen LogP contribution is -2.35. The summed E-state index contributed by atoms with van der Waals surface area (Å²) < 4.78 is 14.1. The number of carbonyl (C=O) groups is 1. The SMILES string of the molecule is O=C(O)c1ccc(-c2ccc3c(n2)N(Cc2ccc4ncccc4c2)NN3)cc1F. The number of hydrogen-bond donors (Lipinski definition) is 3. The molecule has 0 aliphatic carbocycles. The van der Waals surface area contributed by atoms with Crippen molar-refractivity contribution in [3.8, 4) is 11.3 Å². The van der Waals surface area contributed by atoms with Gasteiger partial charge in [0, 0.05) is 17.1 Å². The summed E-state index contributed by atoms with van der Waals surface area (Å²) in [5.74, 6) is -1.42. The molecule has 7 nitrogen and oxygen atoms in total. The second-order valence-corrected chi connectivity index (χ2v) is 6.92. The Kier molecular flexibility index (Phi) is 4.26. The van der Waals surface area contributed by atoms with E-state index < -0.39 is 11.8 Å². The van der Waals surface area contributed by atoms with Gasteiger partial charge in [0.25, 0.3) is 0 Å². The van der Waals surface area contributed by atoms with E-state index in [1.54, 1.807) is 18.3 Å². The highest BCUT2D eigenvalue weighted by Gasteiger charge is 2.22. The number of rotatable bonds is 4. The quantitative estimate of drug-likeness (QED) is 0.476. The zero-order chi connectivity index (χ0) is 20.7. The minimum absolute atomic E-state index is 0.365. The van der Waals surface area contributed by atoms with Crippen LogP contribution in [0.3, 0.4) is 0 Å². The Hall–Kier alpha value is -4.04. The molecule has 0 amide bonds. The highest BCUT2D eigenvalue weighted by atomic mass is 19.1. The fourth-order valence-electron chi connectivity index (χ4n) is 3.46. The number of benzene rings is 2. The highest BCUT2D eigenvalue weighted by Crippen LogP contribution is 2.32. The molecule has 2 aromatic carbocycles. The molecule has 2 aromatic heterocycles. The maximum atomic E-state index is 14.1. The van der Waals surface area contributed by atoms with Crippen LogP contribution in [0, 0.1) is 5.82 Å². The third-order valence-corrected chi connectivity index (χ3v) is 4.96. The molecular weight excluding hydrogens is 385 g/mol. The van der Waals surface area contributed by atoms with Crippen molar-refractivity contribution in [2.24, 2.45) is 0 Å². The van der Waals surface area contributed by atoms with Crippen LogP contribution in [0.5, 0.6) is 0 Å². The van der Waals surface area contributed by atoms with Gasteiger partial charge in [0.1, 0.15) is 5.82 Å². The lowest BCUT2D eigenvalue weighted by Gasteiger charge is -2.17. The molecule has 0 fully saturated rings. The number of anilines is 2. The number of nitrogens with one attached hydrogen (secondary N) is 2. The number of pyridine rings is 2. The zero-order valence-corrected chi connectivity index (χ0v) is 15.6. The lowest BCUT2D eigenvalue weighted by atomic mass is 10.1. The number of carboxylic acid groups (broad SMARTS) is 1. The van der Waals surface area contributed by atoms with Crippen molar-refractivity contribution < 1.29 is 14.3 Å². The van der Waals surface area contributed by atoms with Gasteiger partial charge in [-0.2, -0.15) is 0 Å². The number of nitrogens with zero attached hydrogens (tertiary/aromatic N) is 3. The van der Waals surface area contributed by atoms with E-state index in [1.807, 2.05) is 35.3 Å². The molecule has 4 aromatic rings. The van der Waals surface area contributed by atoms with Crippen molar-refractivity contribution in [3.05, 3.63) is 83.8 Å². The Morgan fingerprint density at radius 2 is 2.00 bits per heavy atom. The van der Waals surface area contributed by atoms with Crippen molar-refractivity contribution in [1.82, 2.24) is 15.5 Å². The van der Waals surface area contributed by atoms with Crippen LogP contribution < -0.4 is 16.0 Å². The van der Waals surface area contributed by atoms with E-state index >= 15 is 0 Å². The van der Waals surface area contributed by atoms with Crippen LogP contribution in [-0.2, 0) is 6.54 Å². The first-order valence-electron chi connectivity index (χ1n) is 9.25. The maximum Gasteiger partial charge on any atom is 0.338 e. The second kappa shape index (κ2) is 7.09. The summed E-state index contributed by atoms with van der Waals surface area (Å²) >= 11 is 0. The highest BCUT2D eigenvalue weighted by molar-refractivity contribution is 5.88. The van der Waals surface area contributed by atoms with Crippen molar-refractivity contribution in [2.45, 2.75) is 6.54 Å². The minimum atomic E-state index is -1.30. The molecule has 0 saturated heterocycles. The maximum absolute atomic E-state index is 14.1. The summed E-state index contributed by atoms with van der Waals surface area (Å²) in [6.07, 6.45) is 1.77. The molecule has 8 heteroatoms. The van der Waals surface area contributed by atoms with Gasteiger partial charge in [-0.05, 0) is 48.0 Å². The Morgan fingerprint density at radius 1 is 1.10 bits per heavy atom. The number of hydrogen-bond acceptors (Lipinski definition) is 6. The summed E-state index contributed by atoms with van der Waals surface area (Å²) in [6.45, 7) is 0.549. The van der Waals surface area contributed by atoms with Crippen LogP contribution in [0.15, 0.2) is 66.9 Å². The summed E-state index contributed by atoms with van der Waals surface area (Å²) in [6, 6.07) is 17.6. The molecular formula is C22H16FN5O2. The van der Waals surface area contributed by atoms with Gasteiger partial charge in [0.05, 0.1) is 29.0 Å². The molecule has 3 heterocycles. The molecule has 0 unspecified atom stereocenters. The fraction of sp³-hybridized carbons (Fsp3) is 0.0455. The zero-order valence-electron chi connectivity index (χ0n) is 15.6. The Balaban J connectivity index is 1.45. The smallest absolute Gasteiger partial charge is 0.338 e. The summed E-state index contributed by atoms with van der Waals surface area (Å²) in [7, 11) is 0. The standard InChI is InChI=1S/C22H16FN5O2/c23-17-11-15(4-5-16(17)22(29)30)19-7-8-20-21(25-19)28(27-26-20)12-13-3-6-18-14(10-13)2-1-9-24-18/h1-11,26-27H,12H2,(H,29,30). The first-order chi connectivity index (χ1) is 14.6. The van der Waals surface area contributed by atoms with Gasteiger partial charge in [-0.1, -0.05) is 18.2 Å². The molecule has 30 heavy (non-hydrogen) atoms. The third-order valence-electron chi connectivity index (χ3n) is 4.96. The third kappa shape index (κ3) is 3.19. The van der Waals surface area contributed by atoms with Gasteiger partial charge in [0.15, 0.2) is 5.82 Å². The second-order valence-electron chi connectivity index (χ2n) is 6.92. The molecule has 0 saturated carbocycles. The van der Waals surface area contributed by atoms with Crippen molar-refractivity contribution >= 4 is 28.4 Å². The van der Waals surface area contributed by atoms with Gasteiger partial charge in [-0.25, -0.2) is 14.2 Å². The van der Waals surface area contributed by atoms with Gasteiger partial charge >= 0.3 is 5.97 Å². The first-order valence-corrected chi connectivity index (χ1v) is 9.25. The predicted molar refractivity (Wildman–Crippen MR) is 111 cm³/mol. The molecule has 0 atom stereocenters. The van der Waals surface area contributed by atoms with E-state index in [2.05, 4.69) is 27.0 Å². The minimum Gasteiger partial charge on any atom is -0.478 e. The Labute approximate surface area is 170 Å². The van der Waals surface area contributed by atoms with Crippen LogP contribution in [0.25, 0.3) is 22.2 Å². The van der Waals surface area contributed by atoms with Crippen LogP contribution in [0.2, 0.25) is 0 Å². The Morgan fingerprint density at radius 3 is 2.83 bits per heavy atom. The van der Waals surface area contributed by atoms with E-state index in [0.29, 0.717) is 23.6 Å². The molecule has 5 rings (SSSR count). The molecule has 3 N–H and O–H groups in total. The molecule has 0 bridgehead atoms. The fourth-order valence-corrected chi connectivity index (χ4v) is 3.46. The van der Waals surface area contributed by atoms with Gasteiger partial charge in [0.2, 0.25) is 0 Å². The number of halogens is 1. The lowest BCUT2D eigenvalue weighted by molar-refractivity contribution is 0.0692. The van der Waals surface area contributed by atoms with E-state index in [-0.39, 0.29) is 5.56 Å². The number of hydrazine groups is 2. The summed E-state index contributed by atoms with van der Waals surface area (Å²) in [5.41, 5.74) is 9.64. The molecule has 148 valence electrons. The molecule has 1 aliphatic heterocycles. The Bertz CT molecular complexity index is 1290. The largest absolute Gasteiger partial charge is 0.478 e. The number of carboxylic acids is 1. The van der Waals surface area contributed by atoms with Crippen LogP contribution in [0.4, 0.5) is 15.9 Å². The first kappa shape index (κ1) is 18.0. The van der Waals surface area contributed by atoms with Gasteiger partial charge in [-0.15, -0.1) is 5.53 Å². The number of aromatic carboxylic acids is 1. The van der Waals surface area contributed by atoms with Gasteiger partial charge < -0.3 is 10.5 Å². The van der Waals surface area contributed by atoms with E-state index in [1.165, 1.54) is 12.1 Å². The molecule has 0 spiro atoms. The predicted octanol–water partition coefficient (Wildman–Crippen LogP) is 3.99. The van der Waals surface area contributed by atoms with Crippen molar-refractivity contribution in [2.75, 3.05) is 10.4 Å². The van der Waals surface area contributed by atoms with Gasteiger partial charge in [-0.3, -0.25) is 9.99 Å². The summed E-state index contributed by atoms with van der Waals surface area (Å²) in [4.78, 5) is 20.0. The van der Waals surface area contributed by atoms with E-state index in [0.717, 1.165) is 22.2 Å². The van der Waals surface area contributed by atoms with Crippen LogP contribution in [-0.4, -0.2) is 21.0 Å². The number of fused-ring (bicyclic) bond motifs is 2. The van der Waals surface area contributed by atoms with E-state index in [4.69, 9.17) is 5.11 Å². The average Bonchev–Trinajstić information content (AvgIpc) is 3.15. The summed E-state index contributed by atoms with van der Waals surface area (Å²) in [5, 5.41) is 11.9. The van der Waals surface area contributed by atoms with Crippen molar-refractivity contribution in [3.63, 3.8) is 0 Å². The monoisotopic (exact) mass is 401 g/mol. The topological polar surface area (TPSA) is 90.4 Å². The molecule has 1 aliphatic rings.